The Morgan fingerprint density at radius 2 is 2.29 bits per heavy atom. The maximum atomic E-state index is 5.14. The van der Waals surface area contributed by atoms with Crippen molar-refractivity contribution < 1.29 is 4.74 Å². The number of aromatic nitrogens is 2. The molecule has 0 fully saturated rings. The van der Waals surface area contributed by atoms with Gasteiger partial charge in [-0.15, -0.1) is 0 Å². The molecule has 0 unspecified atom stereocenters. The highest BCUT2D eigenvalue weighted by molar-refractivity contribution is 7.80. The second-order valence-electron chi connectivity index (χ2n) is 3.70. The number of rotatable bonds is 6. The van der Waals surface area contributed by atoms with Gasteiger partial charge in [0.1, 0.15) is 0 Å². The van der Waals surface area contributed by atoms with Crippen LogP contribution in [0.2, 0.25) is 0 Å². The summed E-state index contributed by atoms with van der Waals surface area (Å²) in [7, 11) is 1.67. The molecule has 0 aliphatic rings. The third-order valence-corrected chi connectivity index (χ3v) is 2.69. The SMILES string of the molecule is CCn1cc(CNC(=S)NCCOC)c(C)n1. The van der Waals surface area contributed by atoms with Gasteiger partial charge in [-0.3, -0.25) is 4.68 Å². The van der Waals surface area contributed by atoms with E-state index >= 15 is 0 Å². The van der Waals surface area contributed by atoms with Gasteiger partial charge in [0.2, 0.25) is 0 Å². The van der Waals surface area contributed by atoms with Crippen LogP contribution in [0.25, 0.3) is 0 Å². The lowest BCUT2D eigenvalue weighted by atomic mass is 10.3. The molecule has 0 atom stereocenters. The van der Waals surface area contributed by atoms with E-state index in [1.807, 2.05) is 17.8 Å². The first-order valence-corrected chi connectivity index (χ1v) is 6.11. The van der Waals surface area contributed by atoms with Crippen molar-refractivity contribution in [1.82, 2.24) is 20.4 Å². The Kier molecular flexibility index (Phi) is 5.93. The first-order chi connectivity index (χ1) is 8.17. The molecule has 1 heterocycles. The lowest BCUT2D eigenvalue weighted by molar-refractivity contribution is 0.204. The summed E-state index contributed by atoms with van der Waals surface area (Å²) in [5.41, 5.74) is 2.21. The fraction of sp³-hybridized carbons (Fsp3) is 0.636. The van der Waals surface area contributed by atoms with E-state index in [4.69, 9.17) is 17.0 Å². The zero-order valence-electron chi connectivity index (χ0n) is 10.6. The minimum absolute atomic E-state index is 0.644. The van der Waals surface area contributed by atoms with E-state index in [0.29, 0.717) is 18.3 Å². The van der Waals surface area contributed by atoms with Crippen molar-refractivity contribution in [3.05, 3.63) is 17.5 Å². The zero-order valence-corrected chi connectivity index (χ0v) is 11.4. The molecule has 0 spiro atoms. The van der Waals surface area contributed by atoms with E-state index in [1.165, 1.54) is 5.56 Å². The molecule has 0 bridgehead atoms. The van der Waals surface area contributed by atoms with Gasteiger partial charge in [0, 0.05) is 38.5 Å². The number of nitrogens with one attached hydrogen (secondary N) is 2. The van der Waals surface area contributed by atoms with Crippen LogP contribution in [-0.4, -0.2) is 35.2 Å². The summed E-state index contributed by atoms with van der Waals surface area (Å²) in [6.45, 7) is 7.03. The van der Waals surface area contributed by atoms with Gasteiger partial charge in [-0.1, -0.05) is 0 Å². The number of ether oxygens (including phenoxy) is 1. The van der Waals surface area contributed by atoms with Crippen molar-refractivity contribution in [3.63, 3.8) is 0 Å². The van der Waals surface area contributed by atoms with Gasteiger partial charge >= 0.3 is 0 Å². The third-order valence-electron chi connectivity index (χ3n) is 2.40. The second-order valence-corrected chi connectivity index (χ2v) is 4.11. The standard InChI is InChI=1S/C11H20N4OS/c1-4-15-8-10(9(2)14-15)7-13-11(17)12-5-6-16-3/h8H,4-7H2,1-3H3,(H2,12,13,17). The maximum Gasteiger partial charge on any atom is 0.166 e. The molecule has 1 rings (SSSR count). The van der Waals surface area contributed by atoms with Crippen molar-refractivity contribution in [2.45, 2.75) is 26.9 Å². The average molecular weight is 256 g/mol. The lowest BCUT2D eigenvalue weighted by Crippen LogP contribution is -2.36. The predicted molar refractivity (Wildman–Crippen MR) is 72.0 cm³/mol. The van der Waals surface area contributed by atoms with E-state index in [9.17, 15) is 0 Å². The van der Waals surface area contributed by atoms with E-state index in [0.717, 1.165) is 18.8 Å². The van der Waals surface area contributed by atoms with Crippen LogP contribution in [0.15, 0.2) is 6.20 Å². The Morgan fingerprint density at radius 1 is 1.53 bits per heavy atom. The van der Waals surface area contributed by atoms with Gasteiger partial charge in [0.05, 0.1) is 12.3 Å². The van der Waals surface area contributed by atoms with Crippen LogP contribution in [-0.2, 0) is 17.8 Å². The summed E-state index contributed by atoms with van der Waals surface area (Å²) in [4.78, 5) is 0. The fourth-order valence-electron chi connectivity index (χ4n) is 1.40. The molecule has 0 aliphatic carbocycles. The highest BCUT2D eigenvalue weighted by Crippen LogP contribution is 2.04. The number of nitrogens with zero attached hydrogens (tertiary/aromatic N) is 2. The highest BCUT2D eigenvalue weighted by atomic mass is 32.1. The molecule has 0 saturated carbocycles. The van der Waals surface area contributed by atoms with Gasteiger partial charge in [-0.2, -0.15) is 5.10 Å². The Morgan fingerprint density at radius 3 is 2.88 bits per heavy atom. The van der Waals surface area contributed by atoms with E-state index < -0.39 is 0 Å². The Hall–Kier alpha value is -1.14. The predicted octanol–water partition coefficient (Wildman–Crippen LogP) is 0.822. The van der Waals surface area contributed by atoms with Crippen molar-refractivity contribution in [3.8, 4) is 0 Å². The molecule has 0 saturated heterocycles. The minimum Gasteiger partial charge on any atom is -0.383 e. The maximum absolute atomic E-state index is 5.14. The van der Waals surface area contributed by atoms with E-state index in [-0.39, 0.29) is 0 Å². The molecule has 2 N–H and O–H groups in total. The van der Waals surface area contributed by atoms with Crippen LogP contribution in [0.1, 0.15) is 18.2 Å². The van der Waals surface area contributed by atoms with Gasteiger partial charge in [-0.25, -0.2) is 0 Å². The molecule has 96 valence electrons. The van der Waals surface area contributed by atoms with Gasteiger partial charge in [0.15, 0.2) is 5.11 Å². The smallest absolute Gasteiger partial charge is 0.166 e. The Bertz CT molecular complexity index is 364. The topological polar surface area (TPSA) is 51.1 Å². The van der Waals surface area contributed by atoms with Crippen LogP contribution in [0, 0.1) is 6.92 Å². The molecule has 17 heavy (non-hydrogen) atoms. The third kappa shape index (κ3) is 4.70. The summed E-state index contributed by atoms with van der Waals surface area (Å²) < 4.78 is 6.85. The number of thiocarbonyl (C=S) groups is 1. The zero-order chi connectivity index (χ0) is 12.7. The van der Waals surface area contributed by atoms with E-state index in [1.54, 1.807) is 7.11 Å². The van der Waals surface area contributed by atoms with Crippen LogP contribution >= 0.6 is 12.2 Å². The summed E-state index contributed by atoms with van der Waals surface area (Å²) >= 11 is 5.14. The second kappa shape index (κ2) is 7.24. The molecule has 1 aromatic heterocycles. The molecule has 5 nitrogen and oxygen atoms in total. The quantitative estimate of drug-likeness (QED) is 0.583. The number of aryl methyl sites for hydroxylation is 2. The monoisotopic (exact) mass is 256 g/mol. The summed E-state index contributed by atoms with van der Waals surface area (Å²) in [6.07, 6.45) is 2.04. The molecular weight excluding hydrogens is 236 g/mol. The number of hydrogen-bond acceptors (Lipinski definition) is 3. The van der Waals surface area contributed by atoms with Crippen molar-refractivity contribution in [1.29, 1.82) is 0 Å². The van der Waals surface area contributed by atoms with Crippen LogP contribution in [0.3, 0.4) is 0 Å². The molecule has 0 amide bonds. The van der Waals surface area contributed by atoms with Crippen molar-refractivity contribution >= 4 is 17.3 Å². The lowest BCUT2D eigenvalue weighted by Gasteiger charge is -2.09. The first kappa shape index (κ1) is 13.9. The molecular formula is C11H20N4OS. The van der Waals surface area contributed by atoms with Crippen LogP contribution in [0.5, 0.6) is 0 Å². The molecule has 1 aromatic rings. The van der Waals surface area contributed by atoms with Crippen molar-refractivity contribution in [2.24, 2.45) is 0 Å². The van der Waals surface area contributed by atoms with Gasteiger partial charge < -0.3 is 15.4 Å². The van der Waals surface area contributed by atoms with Crippen LogP contribution in [0.4, 0.5) is 0 Å². The van der Waals surface area contributed by atoms with Crippen molar-refractivity contribution in [2.75, 3.05) is 20.3 Å². The summed E-state index contributed by atoms with van der Waals surface area (Å²) in [5, 5.41) is 11.2. The minimum atomic E-state index is 0.644. The number of hydrogen-bond donors (Lipinski definition) is 2. The van der Waals surface area contributed by atoms with Gasteiger partial charge in [-0.05, 0) is 26.1 Å². The number of methoxy groups -OCH3 is 1. The molecule has 0 aliphatic heterocycles. The fourth-order valence-corrected chi connectivity index (χ4v) is 1.57. The summed E-state index contributed by atoms with van der Waals surface area (Å²) in [5.74, 6) is 0. The summed E-state index contributed by atoms with van der Waals surface area (Å²) in [6, 6.07) is 0. The van der Waals surface area contributed by atoms with Crippen LogP contribution < -0.4 is 10.6 Å². The van der Waals surface area contributed by atoms with E-state index in [2.05, 4.69) is 22.7 Å². The molecule has 6 heteroatoms. The highest BCUT2D eigenvalue weighted by Gasteiger charge is 2.04. The Labute approximate surface area is 108 Å². The molecule has 0 aromatic carbocycles. The normalized spacial score (nSPS) is 10.3. The first-order valence-electron chi connectivity index (χ1n) is 5.71. The van der Waals surface area contributed by atoms with Gasteiger partial charge in [0.25, 0.3) is 0 Å². The largest absolute Gasteiger partial charge is 0.383 e. The molecule has 0 radical (unpaired) electrons. The average Bonchev–Trinajstić information content (AvgIpc) is 2.68. The Balaban J connectivity index is 2.34.